The van der Waals surface area contributed by atoms with Crippen molar-refractivity contribution in [3.8, 4) is 0 Å². The summed E-state index contributed by atoms with van der Waals surface area (Å²) in [5, 5.41) is 9.21. The number of carboxylic acids is 1. The van der Waals surface area contributed by atoms with Gasteiger partial charge in [-0.3, -0.25) is 4.79 Å². The molecule has 0 aliphatic heterocycles. The summed E-state index contributed by atoms with van der Waals surface area (Å²) < 4.78 is 0.641. The maximum atomic E-state index is 12.5. The molecule has 4 nitrogen and oxygen atoms in total. The van der Waals surface area contributed by atoms with Crippen LogP contribution in [0.3, 0.4) is 0 Å². The maximum Gasteiger partial charge on any atom is 0.336 e. The summed E-state index contributed by atoms with van der Waals surface area (Å²) in [6, 6.07) is 4.70. The second-order valence-corrected chi connectivity index (χ2v) is 5.81. The summed E-state index contributed by atoms with van der Waals surface area (Å²) in [6.45, 7) is 7.66. The fourth-order valence-electron chi connectivity index (χ4n) is 2.08. The first-order valence-corrected chi connectivity index (χ1v) is 6.90. The van der Waals surface area contributed by atoms with Crippen LogP contribution in [0.5, 0.6) is 0 Å². The Morgan fingerprint density at radius 1 is 1.11 bits per heavy atom. The third-order valence-corrected chi connectivity index (χ3v) is 3.28. The molecule has 0 aliphatic carbocycles. The number of carbonyl (C=O) groups excluding carboxylic acids is 1. The number of hydrogen-bond acceptors (Lipinski definition) is 2. The average Bonchev–Trinajstić information content (AvgIpc) is 2.27. The molecule has 0 fully saturated rings. The van der Waals surface area contributed by atoms with E-state index in [2.05, 4.69) is 15.9 Å². The van der Waals surface area contributed by atoms with E-state index in [1.54, 1.807) is 17.0 Å². The van der Waals surface area contributed by atoms with Crippen molar-refractivity contribution in [1.82, 2.24) is 4.90 Å². The lowest BCUT2D eigenvalue weighted by Crippen LogP contribution is -2.42. The second-order valence-electron chi connectivity index (χ2n) is 4.89. The van der Waals surface area contributed by atoms with Crippen molar-refractivity contribution in [2.24, 2.45) is 0 Å². The molecule has 0 atom stereocenters. The molecule has 0 spiro atoms. The third-order valence-electron chi connectivity index (χ3n) is 2.79. The summed E-state index contributed by atoms with van der Waals surface area (Å²) in [6.07, 6.45) is 0. The molecule has 0 aromatic heterocycles. The van der Waals surface area contributed by atoms with Gasteiger partial charge in [-0.1, -0.05) is 15.9 Å². The molecule has 1 rings (SSSR count). The van der Waals surface area contributed by atoms with Crippen molar-refractivity contribution in [3.63, 3.8) is 0 Å². The number of amides is 1. The first kappa shape index (κ1) is 15.7. The van der Waals surface area contributed by atoms with Crippen molar-refractivity contribution in [2.45, 2.75) is 39.8 Å². The predicted octanol–water partition coefficient (Wildman–Crippen LogP) is 3.41. The topological polar surface area (TPSA) is 57.6 Å². The van der Waals surface area contributed by atoms with Gasteiger partial charge in [0.05, 0.1) is 11.1 Å². The Morgan fingerprint density at radius 3 is 2.05 bits per heavy atom. The fourth-order valence-corrected chi connectivity index (χ4v) is 2.45. The first-order chi connectivity index (χ1) is 8.75. The number of halogens is 1. The highest BCUT2D eigenvalue weighted by molar-refractivity contribution is 9.10. The molecule has 1 amide bonds. The molecular weight excluding hydrogens is 310 g/mol. The lowest BCUT2D eigenvalue weighted by molar-refractivity contribution is 0.0618. The van der Waals surface area contributed by atoms with E-state index < -0.39 is 5.97 Å². The minimum atomic E-state index is -1.10. The van der Waals surface area contributed by atoms with Crippen molar-refractivity contribution in [3.05, 3.63) is 33.8 Å². The van der Waals surface area contributed by atoms with Crippen LogP contribution in [0.4, 0.5) is 0 Å². The predicted molar refractivity (Wildman–Crippen MR) is 77.5 cm³/mol. The van der Waals surface area contributed by atoms with Crippen LogP contribution in [0.15, 0.2) is 22.7 Å². The van der Waals surface area contributed by atoms with Gasteiger partial charge in [-0.15, -0.1) is 0 Å². The van der Waals surface area contributed by atoms with Gasteiger partial charge in [-0.25, -0.2) is 4.79 Å². The second kappa shape index (κ2) is 6.19. The van der Waals surface area contributed by atoms with Crippen LogP contribution in [0.25, 0.3) is 0 Å². The van der Waals surface area contributed by atoms with Crippen molar-refractivity contribution >= 4 is 27.8 Å². The Kier molecular flexibility index (Phi) is 5.11. The molecule has 0 radical (unpaired) electrons. The molecule has 0 saturated carbocycles. The Labute approximate surface area is 121 Å². The molecule has 0 saturated heterocycles. The van der Waals surface area contributed by atoms with Crippen molar-refractivity contribution in [2.75, 3.05) is 0 Å². The standard InChI is InChI=1S/C14H18BrNO3/c1-8(2)16(9(3)4)13(17)11-6-5-10(15)7-12(11)14(18)19/h5-9H,1-4H3,(H,18,19). The number of hydrogen-bond donors (Lipinski definition) is 1. The van der Waals surface area contributed by atoms with E-state index in [9.17, 15) is 14.7 Å². The highest BCUT2D eigenvalue weighted by Gasteiger charge is 2.25. The Morgan fingerprint density at radius 2 is 1.63 bits per heavy atom. The van der Waals surface area contributed by atoms with Gasteiger partial charge in [-0.05, 0) is 45.9 Å². The minimum absolute atomic E-state index is 0.0118. The fraction of sp³-hybridized carbons (Fsp3) is 0.429. The van der Waals surface area contributed by atoms with Gasteiger partial charge in [0.2, 0.25) is 0 Å². The van der Waals surface area contributed by atoms with E-state index in [1.165, 1.54) is 6.07 Å². The van der Waals surface area contributed by atoms with Crippen LogP contribution in [-0.4, -0.2) is 34.0 Å². The van der Waals surface area contributed by atoms with Gasteiger partial charge in [-0.2, -0.15) is 0 Å². The van der Waals surface area contributed by atoms with Crippen LogP contribution in [0.2, 0.25) is 0 Å². The molecule has 0 heterocycles. The molecule has 104 valence electrons. The quantitative estimate of drug-likeness (QED) is 0.921. The minimum Gasteiger partial charge on any atom is -0.478 e. The van der Waals surface area contributed by atoms with Crippen LogP contribution in [-0.2, 0) is 0 Å². The number of rotatable bonds is 4. The number of benzene rings is 1. The number of carboxylic acid groups (broad SMARTS) is 1. The highest BCUT2D eigenvalue weighted by Crippen LogP contribution is 2.20. The highest BCUT2D eigenvalue weighted by atomic mass is 79.9. The van der Waals surface area contributed by atoms with Crippen LogP contribution in [0, 0.1) is 0 Å². The lowest BCUT2D eigenvalue weighted by Gasteiger charge is -2.31. The van der Waals surface area contributed by atoms with Crippen LogP contribution >= 0.6 is 15.9 Å². The number of nitrogens with zero attached hydrogens (tertiary/aromatic N) is 1. The zero-order valence-electron chi connectivity index (χ0n) is 11.5. The van der Waals surface area contributed by atoms with Crippen molar-refractivity contribution in [1.29, 1.82) is 0 Å². The van der Waals surface area contributed by atoms with Crippen LogP contribution in [0.1, 0.15) is 48.4 Å². The van der Waals surface area contributed by atoms with E-state index in [4.69, 9.17) is 0 Å². The summed E-state index contributed by atoms with van der Waals surface area (Å²) in [7, 11) is 0. The first-order valence-electron chi connectivity index (χ1n) is 6.11. The molecule has 5 heteroatoms. The Hall–Kier alpha value is -1.36. The van der Waals surface area contributed by atoms with E-state index in [-0.39, 0.29) is 29.1 Å². The van der Waals surface area contributed by atoms with Gasteiger partial charge < -0.3 is 10.0 Å². The Balaban J connectivity index is 3.29. The normalized spacial score (nSPS) is 10.9. The monoisotopic (exact) mass is 327 g/mol. The van der Waals surface area contributed by atoms with Gasteiger partial charge >= 0.3 is 5.97 Å². The summed E-state index contributed by atoms with van der Waals surface area (Å²) in [5.41, 5.74) is 0.240. The smallest absolute Gasteiger partial charge is 0.336 e. The van der Waals surface area contributed by atoms with Gasteiger partial charge in [0.1, 0.15) is 0 Å². The molecule has 0 bridgehead atoms. The molecule has 1 aromatic carbocycles. The average molecular weight is 328 g/mol. The van der Waals surface area contributed by atoms with Gasteiger partial charge in [0, 0.05) is 16.6 Å². The zero-order chi connectivity index (χ0) is 14.7. The van der Waals surface area contributed by atoms with Crippen molar-refractivity contribution < 1.29 is 14.7 Å². The van der Waals surface area contributed by atoms with E-state index in [0.717, 1.165) is 0 Å². The van der Waals surface area contributed by atoms with E-state index >= 15 is 0 Å². The van der Waals surface area contributed by atoms with E-state index in [0.29, 0.717) is 4.47 Å². The molecule has 1 aromatic rings. The molecular formula is C14H18BrNO3. The van der Waals surface area contributed by atoms with Gasteiger partial charge in [0.15, 0.2) is 0 Å². The van der Waals surface area contributed by atoms with Crippen LogP contribution < -0.4 is 0 Å². The van der Waals surface area contributed by atoms with E-state index in [1.807, 2.05) is 27.7 Å². The lowest BCUT2D eigenvalue weighted by atomic mass is 10.0. The Bertz CT molecular complexity index is 489. The molecule has 0 unspecified atom stereocenters. The third kappa shape index (κ3) is 3.56. The summed E-state index contributed by atoms with van der Waals surface area (Å²) >= 11 is 3.22. The summed E-state index contributed by atoms with van der Waals surface area (Å²) in [4.78, 5) is 25.4. The largest absolute Gasteiger partial charge is 0.478 e. The SMILES string of the molecule is CC(C)N(C(=O)c1ccc(Br)cc1C(=O)O)C(C)C. The molecule has 19 heavy (non-hydrogen) atoms. The van der Waals surface area contributed by atoms with Gasteiger partial charge in [0.25, 0.3) is 5.91 Å². The molecule has 0 aliphatic rings. The molecule has 1 N–H and O–H groups in total. The summed E-state index contributed by atoms with van der Waals surface area (Å²) in [5.74, 6) is -1.35. The number of carbonyl (C=O) groups is 2. The number of aromatic carboxylic acids is 1. The zero-order valence-corrected chi connectivity index (χ0v) is 13.1. The maximum absolute atomic E-state index is 12.5.